The minimum absolute atomic E-state index is 0.0326. The third-order valence-corrected chi connectivity index (χ3v) is 5.07. The summed E-state index contributed by atoms with van der Waals surface area (Å²) in [5, 5.41) is 5.09. The molecule has 0 aliphatic heterocycles. The second-order valence-electron chi connectivity index (χ2n) is 6.58. The summed E-state index contributed by atoms with van der Waals surface area (Å²) in [5.74, 6) is -1.52. The highest BCUT2D eigenvalue weighted by molar-refractivity contribution is 7.12. The van der Waals surface area contributed by atoms with E-state index in [0.717, 1.165) is 22.1 Å². The van der Waals surface area contributed by atoms with E-state index in [9.17, 15) is 14.4 Å². The van der Waals surface area contributed by atoms with E-state index in [1.54, 1.807) is 24.4 Å². The van der Waals surface area contributed by atoms with Gasteiger partial charge in [0.2, 0.25) is 11.7 Å². The maximum absolute atomic E-state index is 12.7. The fourth-order valence-corrected chi connectivity index (χ4v) is 3.76. The van der Waals surface area contributed by atoms with Gasteiger partial charge in [-0.15, -0.1) is 11.3 Å². The number of benzene rings is 1. The summed E-state index contributed by atoms with van der Waals surface area (Å²) in [6.07, 6.45) is 3.20. The molecule has 8 heteroatoms. The monoisotopic (exact) mass is 423 g/mol. The maximum atomic E-state index is 12.7. The van der Waals surface area contributed by atoms with Gasteiger partial charge in [-0.2, -0.15) is 0 Å². The number of nitrogens with one attached hydrogen (secondary N) is 1. The predicted octanol–water partition coefficient (Wildman–Crippen LogP) is 3.45. The molecule has 0 saturated carbocycles. The van der Waals surface area contributed by atoms with Crippen molar-refractivity contribution in [2.45, 2.75) is 20.8 Å². The number of Topliss-reactive ketones (excluding diaryl/α,β-unsaturated/α-hetero) is 1. The van der Waals surface area contributed by atoms with Crippen molar-refractivity contribution in [3.8, 4) is 5.13 Å². The van der Waals surface area contributed by atoms with Crippen LogP contribution in [0, 0.1) is 13.8 Å². The smallest absolute Gasteiger partial charge is 0.355 e. The molecule has 3 rings (SSSR count). The molecule has 0 radical (unpaired) electrons. The molecule has 0 aliphatic rings. The highest BCUT2D eigenvalue weighted by atomic mass is 32.1. The lowest BCUT2D eigenvalue weighted by Crippen LogP contribution is -2.27. The minimum atomic E-state index is -0.781. The Morgan fingerprint density at radius 2 is 1.93 bits per heavy atom. The zero-order valence-corrected chi connectivity index (χ0v) is 17.7. The lowest BCUT2D eigenvalue weighted by Gasteiger charge is -2.09. The third-order valence-electron chi connectivity index (χ3n) is 4.32. The van der Waals surface area contributed by atoms with Crippen molar-refractivity contribution in [3.05, 3.63) is 76.2 Å². The Balaban J connectivity index is 1.74. The molecule has 30 heavy (non-hydrogen) atoms. The van der Waals surface area contributed by atoms with Crippen LogP contribution in [0.3, 0.4) is 0 Å². The number of hydrogen-bond donors (Lipinski definition) is 1. The molecule has 0 bridgehead atoms. The first-order chi connectivity index (χ1) is 14.4. The second kappa shape index (κ2) is 9.32. The number of hydrogen-bond acceptors (Lipinski definition) is 6. The normalized spacial score (nSPS) is 11.2. The summed E-state index contributed by atoms with van der Waals surface area (Å²) in [5.41, 5.74) is 2.74. The molecule has 1 amide bonds. The van der Waals surface area contributed by atoms with Crippen LogP contribution < -0.4 is 5.32 Å². The van der Waals surface area contributed by atoms with Crippen LogP contribution in [0.25, 0.3) is 11.2 Å². The molecule has 0 saturated heterocycles. The van der Waals surface area contributed by atoms with Crippen molar-refractivity contribution < 1.29 is 19.1 Å². The molecule has 1 aromatic carbocycles. The molecule has 154 valence electrons. The van der Waals surface area contributed by atoms with Crippen molar-refractivity contribution in [1.82, 2.24) is 14.9 Å². The van der Waals surface area contributed by atoms with Gasteiger partial charge in [-0.1, -0.05) is 30.3 Å². The van der Waals surface area contributed by atoms with Gasteiger partial charge in [0.1, 0.15) is 5.70 Å². The second-order valence-corrected chi connectivity index (χ2v) is 7.46. The molecule has 2 heterocycles. The van der Waals surface area contributed by atoms with E-state index in [1.807, 2.05) is 42.0 Å². The molecule has 3 aromatic rings. The molecule has 0 fully saturated rings. The highest BCUT2D eigenvalue weighted by Crippen LogP contribution is 2.22. The van der Waals surface area contributed by atoms with Gasteiger partial charge >= 0.3 is 5.97 Å². The van der Waals surface area contributed by atoms with Crippen LogP contribution >= 0.6 is 11.3 Å². The number of carbonyl (C=O) groups is 3. The zero-order valence-electron chi connectivity index (χ0n) is 16.8. The van der Waals surface area contributed by atoms with E-state index in [4.69, 9.17) is 4.74 Å². The summed E-state index contributed by atoms with van der Waals surface area (Å²) in [6, 6.07) is 10.8. The predicted molar refractivity (Wildman–Crippen MR) is 114 cm³/mol. The van der Waals surface area contributed by atoms with E-state index in [1.165, 1.54) is 24.3 Å². The van der Waals surface area contributed by atoms with Crippen LogP contribution in [0.15, 0.2) is 53.7 Å². The van der Waals surface area contributed by atoms with Gasteiger partial charge in [-0.25, -0.2) is 9.78 Å². The van der Waals surface area contributed by atoms with Crippen molar-refractivity contribution >= 4 is 35.1 Å². The molecular weight excluding hydrogens is 402 g/mol. The fraction of sp³-hybridized carbons (Fsp3) is 0.182. The number of thiazole rings is 1. The molecule has 0 spiro atoms. The molecule has 0 unspecified atom stereocenters. The first-order valence-corrected chi connectivity index (χ1v) is 10.1. The Morgan fingerprint density at radius 3 is 2.57 bits per heavy atom. The number of aryl methyl sites for hydroxylation is 1. The molecule has 7 nitrogen and oxygen atoms in total. The maximum Gasteiger partial charge on any atom is 0.355 e. The number of ether oxygens (including phenoxy) is 1. The van der Waals surface area contributed by atoms with Gasteiger partial charge in [0.15, 0.2) is 11.7 Å². The van der Waals surface area contributed by atoms with Crippen molar-refractivity contribution in [2.75, 3.05) is 6.61 Å². The summed E-state index contributed by atoms with van der Waals surface area (Å²) >= 11 is 1.47. The van der Waals surface area contributed by atoms with Crippen molar-refractivity contribution in [1.29, 1.82) is 0 Å². The van der Waals surface area contributed by atoms with Gasteiger partial charge in [0, 0.05) is 35.5 Å². The number of nitrogens with zero attached hydrogens (tertiary/aromatic N) is 2. The Bertz CT molecular complexity index is 1100. The molecule has 0 atom stereocenters. The summed E-state index contributed by atoms with van der Waals surface area (Å²) in [4.78, 5) is 40.9. The van der Waals surface area contributed by atoms with Gasteiger partial charge in [-0.3, -0.25) is 14.2 Å². The quantitative estimate of drug-likeness (QED) is 0.357. The van der Waals surface area contributed by atoms with Gasteiger partial charge < -0.3 is 10.1 Å². The van der Waals surface area contributed by atoms with Crippen molar-refractivity contribution in [2.24, 2.45) is 0 Å². The summed E-state index contributed by atoms with van der Waals surface area (Å²) in [7, 11) is 0. The average molecular weight is 423 g/mol. The summed E-state index contributed by atoms with van der Waals surface area (Å²) in [6.45, 7) is 4.56. The minimum Gasteiger partial charge on any atom is -0.453 e. The van der Waals surface area contributed by atoms with Crippen LogP contribution in [0.5, 0.6) is 0 Å². The van der Waals surface area contributed by atoms with Crippen molar-refractivity contribution in [3.63, 3.8) is 0 Å². The van der Waals surface area contributed by atoms with E-state index in [0.29, 0.717) is 5.56 Å². The van der Waals surface area contributed by atoms with Gasteiger partial charge in [-0.05, 0) is 31.6 Å². The lowest BCUT2D eigenvalue weighted by molar-refractivity contribution is -0.139. The van der Waals surface area contributed by atoms with Gasteiger partial charge in [0.25, 0.3) is 0 Å². The van der Waals surface area contributed by atoms with Crippen LogP contribution in [-0.2, 0) is 14.3 Å². The Kier molecular flexibility index (Phi) is 6.58. The number of amides is 1. The number of aromatic nitrogens is 2. The number of ketones is 1. The lowest BCUT2D eigenvalue weighted by atomic mass is 10.1. The van der Waals surface area contributed by atoms with Crippen LogP contribution in [0.2, 0.25) is 0 Å². The van der Waals surface area contributed by atoms with E-state index < -0.39 is 18.5 Å². The number of rotatable bonds is 7. The van der Waals surface area contributed by atoms with E-state index in [-0.39, 0.29) is 11.5 Å². The first kappa shape index (κ1) is 21.2. The number of esters is 1. The average Bonchev–Trinajstić information content (AvgIpc) is 3.33. The molecule has 2 aromatic heterocycles. The number of carbonyl (C=O) groups excluding carboxylic acids is 3. The highest BCUT2D eigenvalue weighted by Gasteiger charge is 2.20. The molecular formula is C22H21N3O4S. The van der Waals surface area contributed by atoms with Crippen LogP contribution in [0.4, 0.5) is 0 Å². The van der Waals surface area contributed by atoms with Crippen LogP contribution in [-0.4, -0.2) is 33.8 Å². The topological polar surface area (TPSA) is 90.3 Å². The van der Waals surface area contributed by atoms with E-state index >= 15 is 0 Å². The first-order valence-electron chi connectivity index (χ1n) is 9.20. The SMILES string of the molecule is CC(=O)N/C(=C/c1ccccc1)C(=O)OCC(=O)c1cc(C)n(-c2nccs2)c1C. The van der Waals surface area contributed by atoms with Gasteiger partial charge in [0.05, 0.1) is 0 Å². The molecule has 1 N–H and O–H groups in total. The molecule has 0 aliphatic carbocycles. The van der Waals surface area contributed by atoms with Crippen LogP contribution in [0.1, 0.15) is 34.2 Å². The van der Waals surface area contributed by atoms with E-state index in [2.05, 4.69) is 10.3 Å². The standard InChI is InChI=1S/C22H21N3O4S/c1-14-11-18(15(2)25(14)22-23-9-10-30-22)20(27)13-29-21(28)19(24-16(3)26)12-17-7-5-4-6-8-17/h4-12H,13H2,1-3H3,(H,24,26)/b19-12+. The summed E-state index contributed by atoms with van der Waals surface area (Å²) < 4.78 is 7.08. The Morgan fingerprint density at radius 1 is 1.20 bits per heavy atom. The largest absolute Gasteiger partial charge is 0.453 e. The third kappa shape index (κ3) is 4.90. The Labute approximate surface area is 178 Å². The zero-order chi connectivity index (χ0) is 21.7. The Hall–Kier alpha value is -3.52. The fourth-order valence-electron chi connectivity index (χ4n) is 3.00.